The molecule has 0 aliphatic carbocycles. The molecule has 0 aliphatic heterocycles. The summed E-state index contributed by atoms with van der Waals surface area (Å²) >= 11 is 1.59. The first-order valence-electron chi connectivity index (χ1n) is 8.61. The molecule has 136 valence electrons. The first kappa shape index (κ1) is 17.3. The number of hydrogen-bond acceptors (Lipinski definition) is 4. The molecule has 0 bridgehead atoms. The predicted octanol–water partition coefficient (Wildman–Crippen LogP) is 4.70. The highest BCUT2D eigenvalue weighted by Gasteiger charge is 2.09. The second-order valence-electron chi connectivity index (χ2n) is 6.33. The van der Waals surface area contributed by atoms with Gasteiger partial charge in [-0.25, -0.2) is 4.98 Å². The van der Waals surface area contributed by atoms with E-state index >= 15 is 0 Å². The zero-order valence-electron chi connectivity index (χ0n) is 15.1. The van der Waals surface area contributed by atoms with Crippen molar-refractivity contribution in [1.29, 1.82) is 0 Å². The summed E-state index contributed by atoms with van der Waals surface area (Å²) in [5.41, 5.74) is 4.75. The van der Waals surface area contributed by atoms with E-state index in [4.69, 9.17) is 4.74 Å². The van der Waals surface area contributed by atoms with E-state index in [0.29, 0.717) is 0 Å². The highest BCUT2D eigenvalue weighted by molar-refractivity contribution is 7.15. The number of aromatic nitrogens is 2. The molecule has 0 unspecified atom stereocenters. The zero-order valence-corrected chi connectivity index (χ0v) is 15.9. The van der Waals surface area contributed by atoms with Crippen LogP contribution in [-0.2, 0) is 4.79 Å². The molecule has 4 rings (SSSR count). The Morgan fingerprint density at radius 1 is 1.22 bits per heavy atom. The third-order valence-corrected chi connectivity index (χ3v) is 5.22. The monoisotopic (exact) mass is 377 g/mol. The quantitative estimate of drug-likeness (QED) is 0.549. The number of anilines is 1. The van der Waals surface area contributed by atoms with Crippen molar-refractivity contribution >= 4 is 27.9 Å². The number of aryl methyl sites for hydroxylation is 1. The fraction of sp³-hybridized carbons (Fsp3) is 0.143. The van der Waals surface area contributed by atoms with E-state index in [1.807, 2.05) is 78.5 Å². The van der Waals surface area contributed by atoms with Crippen LogP contribution in [0.15, 0.2) is 60.2 Å². The molecule has 2 aromatic heterocycles. The number of rotatable bonds is 5. The van der Waals surface area contributed by atoms with Gasteiger partial charge in [0.05, 0.1) is 5.69 Å². The number of amides is 1. The average Bonchev–Trinajstić information content (AvgIpc) is 3.25. The minimum absolute atomic E-state index is 0.0330. The number of benzene rings is 2. The molecule has 1 N–H and O–H groups in total. The van der Waals surface area contributed by atoms with Gasteiger partial charge in [0.15, 0.2) is 11.6 Å². The Labute approximate surface area is 161 Å². The molecule has 0 saturated heterocycles. The molecule has 0 atom stereocenters. The molecule has 2 aromatic carbocycles. The zero-order chi connectivity index (χ0) is 18.8. The van der Waals surface area contributed by atoms with Gasteiger partial charge in [-0.05, 0) is 43.2 Å². The maximum Gasteiger partial charge on any atom is 0.262 e. The summed E-state index contributed by atoms with van der Waals surface area (Å²) in [4.78, 5) is 17.8. The summed E-state index contributed by atoms with van der Waals surface area (Å²) in [6, 6.07) is 13.5. The fourth-order valence-corrected chi connectivity index (χ4v) is 3.54. The van der Waals surface area contributed by atoms with Crippen LogP contribution in [0.3, 0.4) is 0 Å². The van der Waals surface area contributed by atoms with Crippen LogP contribution in [0.5, 0.6) is 5.75 Å². The second-order valence-corrected chi connectivity index (χ2v) is 7.21. The maximum absolute atomic E-state index is 12.3. The Kier molecular flexibility index (Phi) is 4.64. The third-order valence-electron chi connectivity index (χ3n) is 4.45. The van der Waals surface area contributed by atoms with Crippen molar-refractivity contribution < 1.29 is 9.53 Å². The first-order chi connectivity index (χ1) is 13.1. The van der Waals surface area contributed by atoms with Crippen molar-refractivity contribution in [2.75, 3.05) is 11.9 Å². The number of fused-ring (bicyclic) bond motifs is 1. The van der Waals surface area contributed by atoms with Crippen LogP contribution in [-0.4, -0.2) is 21.9 Å². The molecule has 5 nitrogen and oxygen atoms in total. The van der Waals surface area contributed by atoms with E-state index in [-0.39, 0.29) is 12.5 Å². The third kappa shape index (κ3) is 3.71. The molecule has 27 heavy (non-hydrogen) atoms. The number of ether oxygens (including phenoxy) is 1. The Bertz CT molecular complexity index is 1090. The summed E-state index contributed by atoms with van der Waals surface area (Å²) in [5, 5.41) is 4.89. The number of nitrogens with zero attached hydrogens (tertiary/aromatic N) is 2. The first-order valence-corrected chi connectivity index (χ1v) is 9.49. The standard InChI is InChI=1S/C21H19N3O2S/c1-14-5-3-8-19(15(14)2)26-13-20(25)22-17-7-4-6-16(11-17)18-12-24-9-10-27-21(24)23-18/h3-12H,13H2,1-2H3,(H,22,25). The summed E-state index contributed by atoms with van der Waals surface area (Å²) in [6.45, 7) is 3.98. The van der Waals surface area contributed by atoms with E-state index in [2.05, 4.69) is 10.3 Å². The van der Waals surface area contributed by atoms with E-state index in [0.717, 1.165) is 38.8 Å². The van der Waals surface area contributed by atoms with Crippen molar-refractivity contribution in [3.05, 3.63) is 71.4 Å². The summed E-state index contributed by atoms with van der Waals surface area (Å²) in [5.74, 6) is 0.538. The van der Waals surface area contributed by atoms with Crippen molar-refractivity contribution in [3.63, 3.8) is 0 Å². The lowest BCUT2D eigenvalue weighted by atomic mass is 10.1. The lowest BCUT2D eigenvalue weighted by molar-refractivity contribution is -0.118. The number of carbonyl (C=O) groups excluding carboxylic acids is 1. The fourth-order valence-electron chi connectivity index (χ4n) is 2.84. The van der Waals surface area contributed by atoms with Gasteiger partial charge >= 0.3 is 0 Å². The topological polar surface area (TPSA) is 55.6 Å². The number of nitrogens with one attached hydrogen (secondary N) is 1. The number of carbonyl (C=O) groups is 1. The molecular formula is C21H19N3O2S. The molecule has 2 heterocycles. The highest BCUT2D eigenvalue weighted by Crippen LogP contribution is 2.24. The Hall–Kier alpha value is -3.12. The van der Waals surface area contributed by atoms with Gasteiger partial charge < -0.3 is 10.1 Å². The van der Waals surface area contributed by atoms with Crippen LogP contribution < -0.4 is 10.1 Å². The molecule has 0 aliphatic rings. The van der Waals surface area contributed by atoms with Gasteiger partial charge in [-0.2, -0.15) is 0 Å². The van der Waals surface area contributed by atoms with Gasteiger partial charge in [0.1, 0.15) is 5.75 Å². The molecule has 0 saturated carbocycles. The van der Waals surface area contributed by atoms with Crippen LogP contribution >= 0.6 is 11.3 Å². The highest BCUT2D eigenvalue weighted by atomic mass is 32.1. The number of thiazole rings is 1. The number of imidazole rings is 1. The minimum atomic E-state index is -0.195. The molecule has 1 amide bonds. The molecular weight excluding hydrogens is 358 g/mol. The second kappa shape index (κ2) is 7.25. The van der Waals surface area contributed by atoms with Crippen molar-refractivity contribution in [1.82, 2.24) is 9.38 Å². The lowest BCUT2D eigenvalue weighted by Gasteiger charge is -2.11. The average molecular weight is 377 g/mol. The minimum Gasteiger partial charge on any atom is -0.483 e. The van der Waals surface area contributed by atoms with Gasteiger partial charge in [0.2, 0.25) is 0 Å². The molecule has 0 spiro atoms. The van der Waals surface area contributed by atoms with Crippen LogP contribution in [0.4, 0.5) is 5.69 Å². The van der Waals surface area contributed by atoms with Crippen LogP contribution in [0.25, 0.3) is 16.2 Å². The molecule has 0 radical (unpaired) electrons. The lowest BCUT2D eigenvalue weighted by Crippen LogP contribution is -2.20. The van der Waals surface area contributed by atoms with Gasteiger partial charge in [0, 0.05) is 29.0 Å². The molecule has 4 aromatic rings. The normalized spacial score (nSPS) is 10.9. The van der Waals surface area contributed by atoms with Gasteiger partial charge in [0.25, 0.3) is 5.91 Å². The summed E-state index contributed by atoms with van der Waals surface area (Å²) in [7, 11) is 0. The van der Waals surface area contributed by atoms with Gasteiger partial charge in [-0.3, -0.25) is 9.20 Å². The Morgan fingerprint density at radius 2 is 2.07 bits per heavy atom. The van der Waals surface area contributed by atoms with E-state index < -0.39 is 0 Å². The molecule has 0 fully saturated rings. The van der Waals surface area contributed by atoms with Crippen molar-refractivity contribution in [2.45, 2.75) is 13.8 Å². The van der Waals surface area contributed by atoms with Gasteiger partial charge in [-0.15, -0.1) is 11.3 Å². The summed E-state index contributed by atoms with van der Waals surface area (Å²) < 4.78 is 7.66. The van der Waals surface area contributed by atoms with E-state index in [9.17, 15) is 4.79 Å². The predicted molar refractivity (Wildman–Crippen MR) is 109 cm³/mol. The van der Waals surface area contributed by atoms with Gasteiger partial charge in [-0.1, -0.05) is 24.3 Å². The smallest absolute Gasteiger partial charge is 0.262 e. The van der Waals surface area contributed by atoms with E-state index in [1.165, 1.54) is 0 Å². The van der Waals surface area contributed by atoms with Crippen molar-refractivity contribution in [3.8, 4) is 17.0 Å². The van der Waals surface area contributed by atoms with Crippen LogP contribution in [0, 0.1) is 13.8 Å². The number of hydrogen-bond donors (Lipinski definition) is 1. The molecule has 6 heteroatoms. The SMILES string of the molecule is Cc1cccc(OCC(=O)Nc2cccc(-c3cn4ccsc4n3)c2)c1C. The maximum atomic E-state index is 12.3. The Morgan fingerprint density at radius 3 is 2.93 bits per heavy atom. The largest absolute Gasteiger partial charge is 0.483 e. The van der Waals surface area contributed by atoms with Crippen LogP contribution in [0.1, 0.15) is 11.1 Å². The van der Waals surface area contributed by atoms with E-state index in [1.54, 1.807) is 11.3 Å². The Balaban J connectivity index is 1.44. The van der Waals surface area contributed by atoms with Crippen molar-refractivity contribution in [2.24, 2.45) is 0 Å². The van der Waals surface area contributed by atoms with Crippen LogP contribution in [0.2, 0.25) is 0 Å². The summed E-state index contributed by atoms with van der Waals surface area (Å²) in [6.07, 6.45) is 3.96.